The Balaban J connectivity index is 1.43. The molecule has 2 aliphatic rings. The van der Waals surface area contributed by atoms with Crippen LogP contribution in [0.5, 0.6) is 0 Å². The fourth-order valence-corrected chi connectivity index (χ4v) is 5.65. The van der Waals surface area contributed by atoms with Crippen molar-refractivity contribution < 1.29 is 8.42 Å². The molecule has 9 heteroatoms. The number of pyridine rings is 1. The number of anilines is 2. The van der Waals surface area contributed by atoms with E-state index >= 15 is 0 Å². The molecule has 2 aromatic rings. The molecule has 156 valence electrons. The number of hydrogen-bond acceptors (Lipinski definition) is 7. The number of likely N-dealkylation sites (N-methyl/N-ethyl adjacent to an activating group) is 1. The summed E-state index contributed by atoms with van der Waals surface area (Å²) in [7, 11) is -1.45. The first-order valence-corrected chi connectivity index (χ1v) is 11.7. The van der Waals surface area contributed by atoms with Crippen LogP contribution in [0.2, 0.25) is 0 Å². The third-order valence-electron chi connectivity index (χ3n) is 5.78. The molecular formula is C20H28N6O2S. The molecule has 0 spiro atoms. The average molecular weight is 417 g/mol. The number of aromatic nitrogens is 3. The highest BCUT2D eigenvalue weighted by atomic mass is 32.2. The van der Waals surface area contributed by atoms with Crippen molar-refractivity contribution >= 4 is 21.7 Å². The van der Waals surface area contributed by atoms with Crippen molar-refractivity contribution in [2.24, 2.45) is 0 Å². The summed E-state index contributed by atoms with van der Waals surface area (Å²) in [6.45, 7) is 2.97. The Morgan fingerprint density at radius 2 is 1.93 bits per heavy atom. The standard InChI is InChI=1S/C20H28N6O2S/c1-24(16-17-7-6-14-26(17)20-8-5-11-22-23-20)19-10-9-18(15-21-19)29(27,28)25-12-3-2-4-13-25/h5,8-11,15,17H,2-4,6-7,12-14,16H2,1H3. The van der Waals surface area contributed by atoms with E-state index in [0.717, 1.165) is 56.8 Å². The molecule has 0 aromatic carbocycles. The van der Waals surface area contributed by atoms with Crippen LogP contribution in [0.15, 0.2) is 41.6 Å². The van der Waals surface area contributed by atoms with Gasteiger partial charge in [-0.1, -0.05) is 6.42 Å². The Morgan fingerprint density at radius 1 is 1.10 bits per heavy atom. The molecule has 2 aromatic heterocycles. The van der Waals surface area contributed by atoms with Crippen molar-refractivity contribution in [3.8, 4) is 0 Å². The number of rotatable bonds is 6. The van der Waals surface area contributed by atoms with Gasteiger partial charge in [0.15, 0.2) is 5.82 Å². The molecule has 0 N–H and O–H groups in total. The Hall–Kier alpha value is -2.26. The van der Waals surface area contributed by atoms with Gasteiger partial charge in [0.05, 0.1) is 0 Å². The molecule has 2 aliphatic heterocycles. The zero-order valence-corrected chi connectivity index (χ0v) is 17.6. The fraction of sp³-hybridized carbons (Fsp3) is 0.550. The van der Waals surface area contributed by atoms with E-state index in [2.05, 4.69) is 25.0 Å². The molecule has 2 fully saturated rings. The lowest BCUT2D eigenvalue weighted by atomic mass is 10.2. The monoisotopic (exact) mass is 416 g/mol. The molecular weight excluding hydrogens is 388 g/mol. The first-order valence-electron chi connectivity index (χ1n) is 10.3. The molecule has 0 amide bonds. The third-order valence-corrected chi connectivity index (χ3v) is 7.66. The molecule has 4 heterocycles. The maximum Gasteiger partial charge on any atom is 0.244 e. The van der Waals surface area contributed by atoms with Crippen LogP contribution < -0.4 is 9.80 Å². The van der Waals surface area contributed by atoms with Gasteiger partial charge < -0.3 is 9.80 Å². The van der Waals surface area contributed by atoms with Crippen LogP contribution in [0.25, 0.3) is 0 Å². The van der Waals surface area contributed by atoms with Gasteiger partial charge in [-0.15, -0.1) is 5.10 Å². The summed E-state index contributed by atoms with van der Waals surface area (Å²) < 4.78 is 27.2. The molecule has 8 nitrogen and oxygen atoms in total. The van der Waals surface area contributed by atoms with Crippen LogP contribution in [0.1, 0.15) is 32.1 Å². The first kappa shape index (κ1) is 20.0. The first-order chi connectivity index (χ1) is 14.1. The van der Waals surface area contributed by atoms with Gasteiger partial charge in [-0.2, -0.15) is 9.40 Å². The second-order valence-corrected chi connectivity index (χ2v) is 9.71. The van der Waals surface area contributed by atoms with Crippen LogP contribution in [-0.4, -0.2) is 67.2 Å². The smallest absolute Gasteiger partial charge is 0.244 e. The molecule has 0 saturated carbocycles. The highest BCUT2D eigenvalue weighted by Crippen LogP contribution is 2.25. The van der Waals surface area contributed by atoms with E-state index in [1.807, 2.05) is 19.2 Å². The van der Waals surface area contributed by atoms with Crippen molar-refractivity contribution in [2.75, 3.05) is 43.0 Å². The molecule has 4 rings (SSSR count). The highest BCUT2D eigenvalue weighted by Gasteiger charge is 2.28. The van der Waals surface area contributed by atoms with E-state index in [-0.39, 0.29) is 4.90 Å². The minimum atomic E-state index is -3.44. The lowest BCUT2D eigenvalue weighted by Gasteiger charge is -2.30. The number of hydrogen-bond donors (Lipinski definition) is 0. The van der Waals surface area contributed by atoms with Gasteiger partial charge in [-0.05, 0) is 49.9 Å². The SMILES string of the molecule is CN(CC1CCCN1c1cccnn1)c1ccc(S(=O)(=O)N2CCCCC2)cn1. The molecule has 0 radical (unpaired) electrons. The van der Waals surface area contributed by atoms with Gasteiger partial charge in [-0.25, -0.2) is 13.4 Å². The van der Waals surface area contributed by atoms with Crippen LogP contribution in [0.4, 0.5) is 11.6 Å². The second kappa shape index (κ2) is 8.62. The Morgan fingerprint density at radius 3 is 2.62 bits per heavy atom. The van der Waals surface area contributed by atoms with Crippen molar-refractivity contribution in [1.82, 2.24) is 19.5 Å². The van der Waals surface area contributed by atoms with Gasteiger partial charge >= 0.3 is 0 Å². The predicted molar refractivity (Wildman–Crippen MR) is 113 cm³/mol. The van der Waals surface area contributed by atoms with Crippen LogP contribution in [-0.2, 0) is 10.0 Å². The lowest BCUT2D eigenvalue weighted by Crippen LogP contribution is -2.39. The van der Waals surface area contributed by atoms with E-state index in [4.69, 9.17) is 0 Å². The Kier molecular flexibility index (Phi) is 5.96. The number of nitrogens with zero attached hydrogens (tertiary/aromatic N) is 6. The van der Waals surface area contributed by atoms with Gasteiger partial charge in [-0.3, -0.25) is 0 Å². The summed E-state index contributed by atoms with van der Waals surface area (Å²) in [5.74, 6) is 1.67. The zero-order chi connectivity index (χ0) is 20.3. The van der Waals surface area contributed by atoms with Crippen LogP contribution in [0.3, 0.4) is 0 Å². The topological polar surface area (TPSA) is 82.5 Å². The van der Waals surface area contributed by atoms with Crippen molar-refractivity contribution in [3.63, 3.8) is 0 Å². The summed E-state index contributed by atoms with van der Waals surface area (Å²) >= 11 is 0. The molecule has 1 atom stereocenters. The van der Waals surface area contributed by atoms with E-state index < -0.39 is 10.0 Å². The van der Waals surface area contributed by atoms with Gasteiger partial charge in [0.25, 0.3) is 0 Å². The summed E-state index contributed by atoms with van der Waals surface area (Å²) in [5, 5.41) is 8.24. The largest absolute Gasteiger partial charge is 0.358 e. The Labute approximate surface area is 172 Å². The summed E-state index contributed by atoms with van der Waals surface area (Å²) in [6.07, 6.45) is 8.34. The lowest BCUT2D eigenvalue weighted by molar-refractivity contribution is 0.346. The molecule has 2 saturated heterocycles. The summed E-state index contributed by atoms with van der Waals surface area (Å²) in [5.41, 5.74) is 0. The van der Waals surface area contributed by atoms with Crippen molar-refractivity contribution in [1.29, 1.82) is 0 Å². The van der Waals surface area contributed by atoms with E-state index in [1.54, 1.807) is 22.6 Å². The maximum absolute atomic E-state index is 12.8. The Bertz CT molecular complexity index is 900. The average Bonchev–Trinajstić information content (AvgIpc) is 3.23. The van der Waals surface area contributed by atoms with Gasteiger partial charge in [0.2, 0.25) is 10.0 Å². The number of sulfonamides is 1. The van der Waals surface area contributed by atoms with Crippen LogP contribution in [0, 0.1) is 0 Å². The summed E-state index contributed by atoms with van der Waals surface area (Å²) in [6, 6.07) is 7.71. The summed E-state index contributed by atoms with van der Waals surface area (Å²) in [4.78, 5) is 9.10. The zero-order valence-electron chi connectivity index (χ0n) is 16.8. The third kappa shape index (κ3) is 4.35. The predicted octanol–water partition coefficient (Wildman–Crippen LogP) is 2.15. The van der Waals surface area contributed by atoms with Crippen molar-refractivity contribution in [2.45, 2.75) is 43.0 Å². The van der Waals surface area contributed by atoms with Crippen molar-refractivity contribution in [3.05, 3.63) is 36.7 Å². The molecule has 0 bridgehead atoms. The van der Waals surface area contributed by atoms with E-state index in [1.165, 1.54) is 6.20 Å². The number of piperidine rings is 1. The minimum absolute atomic E-state index is 0.276. The quantitative estimate of drug-likeness (QED) is 0.713. The van der Waals surface area contributed by atoms with E-state index in [9.17, 15) is 8.42 Å². The molecule has 29 heavy (non-hydrogen) atoms. The molecule has 0 aliphatic carbocycles. The highest BCUT2D eigenvalue weighted by molar-refractivity contribution is 7.89. The van der Waals surface area contributed by atoms with Gasteiger partial charge in [0.1, 0.15) is 10.7 Å². The van der Waals surface area contributed by atoms with E-state index in [0.29, 0.717) is 19.1 Å². The van der Waals surface area contributed by atoms with Crippen LogP contribution >= 0.6 is 0 Å². The normalized spacial score (nSPS) is 20.7. The minimum Gasteiger partial charge on any atom is -0.358 e. The van der Waals surface area contributed by atoms with Gasteiger partial charge in [0, 0.05) is 51.7 Å². The molecule has 1 unspecified atom stereocenters. The maximum atomic E-state index is 12.8. The fourth-order valence-electron chi connectivity index (χ4n) is 4.19. The second-order valence-electron chi connectivity index (χ2n) is 7.77.